The van der Waals surface area contributed by atoms with Crippen LogP contribution in [0.25, 0.3) is 0 Å². The Hall–Kier alpha value is -0.343. The molecule has 0 aromatic carbocycles. The first-order valence-electron chi connectivity index (χ1n) is 7.09. The van der Waals surface area contributed by atoms with E-state index in [9.17, 15) is 0 Å². The van der Waals surface area contributed by atoms with Gasteiger partial charge in [-0.05, 0) is 39.0 Å². The minimum absolute atomic E-state index is 0.207. The van der Waals surface area contributed by atoms with Gasteiger partial charge < -0.3 is 4.98 Å². The van der Waals surface area contributed by atoms with E-state index in [1.807, 2.05) is 0 Å². The molecule has 1 aliphatic carbocycles. The Morgan fingerprint density at radius 2 is 1.67 bits per heavy atom. The summed E-state index contributed by atoms with van der Waals surface area (Å²) in [6, 6.07) is 0. The molecule has 0 fully saturated rings. The van der Waals surface area contributed by atoms with Crippen molar-refractivity contribution in [2.45, 2.75) is 73.0 Å². The predicted octanol–water partition coefficient (Wildman–Crippen LogP) is 4.81. The number of hydrogen-bond donors (Lipinski definition) is 1. The van der Waals surface area contributed by atoms with Crippen LogP contribution in [0.5, 0.6) is 0 Å². The van der Waals surface area contributed by atoms with E-state index in [4.69, 9.17) is 0 Å². The summed E-state index contributed by atoms with van der Waals surface area (Å²) in [7, 11) is -1.50. The molecule has 0 atom stereocenters. The number of rotatable bonds is 3. The Labute approximate surface area is 115 Å². The van der Waals surface area contributed by atoms with Gasteiger partial charge in [0.25, 0.3) is 0 Å². The van der Waals surface area contributed by atoms with E-state index in [2.05, 4.69) is 71.8 Å². The Morgan fingerprint density at radius 1 is 1.11 bits per heavy atom. The Kier molecular flexibility index (Phi) is 4.34. The van der Waals surface area contributed by atoms with Gasteiger partial charge in [0.2, 0.25) is 0 Å². The molecule has 0 aromatic rings. The lowest BCUT2D eigenvalue weighted by Gasteiger charge is -2.36. The average Bonchev–Trinajstić information content (AvgIpc) is 2.44. The van der Waals surface area contributed by atoms with Crippen LogP contribution >= 0.6 is 0 Å². The molecule has 1 N–H and O–H groups in total. The molecule has 0 saturated carbocycles. The minimum Gasteiger partial charge on any atom is -0.329 e. The number of allylic oxidation sites excluding steroid dienone is 4. The highest BCUT2D eigenvalue weighted by Crippen LogP contribution is 2.35. The van der Waals surface area contributed by atoms with E-state index in [1.165, 1.54) is 6.42 Å². The maximum atomic E-state index is 3.89. The van der Waals surface area contributed by atoms with E-state index in [1.54, 1.807) is 10.8 Å². The van der Waals surface area contributed by atoms with Crippen LogP contribution in [0, 0.1) is 5.41 Å². The van der Waals surface area contributed by atoms with Gasteiger partial charge in [-0.1, -0.05) is 56.8 Å². The fraction of sp³-hybridized carbons (Fsp3) is 0.750. The van der Waals surface area contributed by atoms with Crippen molar-refractivity contribution in [2.24, 2.45) is 5.41 Å². The normalized spacial score (nSPS) is 17.8. The molecule has 1 aliphatic rings. The van der Waals surface area contributed by atoms with Crippen LogP contribution in [0.1, 0.15) is 54.4 Å². The topological polar surface area (TPSA) is 12.0 Å². The second-order valence-electron chi connectivity index (χ2n) is 8.35. The van der Waals surface area contributed by atoms with Gasteiger partial charge in [0.05, 0.1) is 0 Å². The van der Waals surface area contributed by atoms with E-state index in [0.29, 0.717) is 5.41 Å². The molecule has 1 nitrogen and oxygen atoms in total. The maximum absolute atomic E-state index is 3.89. The van der Waals surface area contributed by atoms with Gasteiger partial charge in [-0.25, -0.2) is 0 Å². The zero-order valence-electron chi connectivity index (χ0n) is 13.6. The molecule has 1 rings (SSSR count). The number of nitrogens with one attached hydrogen (secondary N) is 1. The van der Waals surface area contributed by atoms with Crippen molar-refractivity contribution in [2.75, 3.05) is 0 Å². The van der Waals surface area contributed by atoms with Crippen molar-refractivity contribution in [1.82, 2.24) is 4.98 Å². The molecule has 0 amide bonds. The molecule has 0 spiro atoms. The quantitative estimate of drug-likeness (QED) is 0.722. The zero-order chi connectivity index (χ0) is 14.2. The van der Waals surface area contributed by atoms with Gasteiger partial charge in [0.1, 0.15) is 8.24 Å². The van der Waals surface area contributed by atoms with E-state index >= 15 is 0 Å². The lowest BCUT2D eigenvalue weighted by molar-refractivity contribution is 0.413. The first kappa shape index (κ1) is 15.7. The summed E-state index contributed by atoms with van der Waals surface area (Å²) in [4.78, 5) is 3.89. The second kappa shape index (κ2) is 4.97. The van der Waals surface area contributed by atoms with Gasteiger partial charge >= 0.3 is 0 Å². The minimum atomic E-state index is -1.50. The molecular weight excluding hydrogens is 234 g/mol. The van der Waals surface area contributed by atoms with Crippen molar-refractivity contribution in [3.8, 4) is 0 Å². The molecule has 0 aliphatic heterocycles. The third-order valence-corrected chi connectivity index (χ3v) is 6.60. The van der Waals surface area contributed by atoms with Crippen LogP contribution in [0.4, 0.5) is 0 Å². The molecule has 0 heterocycles. The van der Waals surface area contributed by atoms with E-state index in [0.717, 1.165) is 6.42 Å². The van der Waals surface area contributed by atoms with Crippen LogP contribution in [0.3, 0.4) is 0 Å². The number of hydrogen-bond acceptors (Lipinski definition) is 1. The highest BCUT2D eigenvalue weighted by molar-refractivity contribution is 6.82. The van der Waals surface area contributed by atoms with E-state index < -0.39 is 8.24 Å². The van der Waals surface area contributed by atoms with Crippen molar-refractivity contribution in [1.29, 1.82) is 0 Å². The van der Waals surface area contributed by atoms with Crippen LogP contribution < -0.4 is 4.98 Å². The summed E-state index contributed by atoms with van der Waals surface area (Å²) < 4.78 is 0. The smallest absolute Gasteiger partial charge is 0.148 e. The largest absolute Gasteiger partial charge is 0.329 e. The Balaban J connectivity index is 2.96. The summed E-state index contributed by atoms with van der Waals surface area (Å²) >= 11 is 0. The standard InChI is InChI=1S/C16H31NSi/c1-15(2,3)12-13-10-9-11-14(13)18(7,8)17-16(4,5)6/h9-10,17H,11-12H2,1-8H3. The zero-order valence-corrected chi connectivity index (χ0v) is 14.6. The predicted molar refractivity (Wildman–Crippen MR) is 85.2 cm³/mol. The fourth-order valence-corrected chi connectivity index (χ4v) is 6.59. The monoisotopic (exact) mass is 265 g/mol. The summed E-state index contributed by atoms with van der Waals surface area (Å²) in [6.07, 6.45) is 7.06. The van der Waals surface area contributed by atoms with Gasteiger partial charge in [0, 0.05) is 5.54 Å². The third-order valence-electron chi connectivity index (χ3n) is 3.19. The lowest BCUT2D eigenvalue weighted by atomic mass is 9.88. The highest BCUT2D eigenvalue weighted by atomic mass is 28.3. The van der Waals surface area contributed by atoms with Crippen LogP contribution in [-0.4, -0.2) is 13.8 Å². The molecule has 104 valence electrons. The molecule has 0 saturated heterocycles. The first-order valence-corrected chi connectivity index (χ1v) is 10.1. The average molecular weight is 266 g/mol. The summed E-state index contributed by atoms with van der Waals surface area (Å²) in [6.45, 7) is 18.7. The summed E-state index contributed by atoms with van der Waals surface area (Å²) in [5.41, 5.74) is 2.18. The Morgan fingerprint density at radius 3 is 2.11 bits per heavy atom. The molecule has 0 aromatic heterocycles. The summed E-state index contributed by atoms with van der Waals surface area (Å²) in [5, 5.41) is 1.70. The lowest BCUT2D eigenvalue weighted by Crippen LogP contribution is -2.55. The van der Waals surface area contributed by atoms with Gasteiger partial charge in [-0.15, -0.1) is 0 Å². The maximum Gasteiger partial charge on any atom is 0.148 e. The second-order valence-corrected chi connectivity index (χ2v) is 12.5. The first-order chi connectivity index (χ1) is 7.91. The molecular formula is C16H31NSi. The SMILES string of the molecule is CC(C)(C)CC1=C([Si](C)(C)NC(C)(C)C)CC=C1. The van der Waals surface area contributed by atoms with Crippen molar-refractivity contribution < 1.29 is 0 Å². The Bertz CT molecular complexity index is 362. The molecule has 18 heavy (non-hydrogen) atoms. The molecule has 0 bridgehead atoms. The third kappa shape index (κ3) is 4.73. The molecule has 0 radical (unpaired) electrons. The van der Waals surface area contributed by atoms with Crippen LogP contribution in [0.2, 0.25) is 13.1 Å². The van der Waals surface area contributed by atoms with Gasteiger partial charge in [-0.2, -0.15) is 0 Å². The van der Waals surface area contributed by atoms with Gasteiger partial charge in [-0.3, -0.25) is 0 Å². The molecule has 0 unspecified atom stereocenters. The fourth-order valence-electron chi connectivity index (χ4n) is 2.96. The van der Waals surface area contributed by atoms with E-state index in [-0.39, 0.29) is 5.54 Å². The van der Waals surface area contributed by atoms with Crippen molar-refractivity contribution in [3.63, 3.8) is 0 Å². The van der Waals surface area contributed by atoms with Gasteiger partial charge in [0.15, 0.2) is 0 Å². The summed E-state index contributed by atoms with van der Waals surface area (Å²) in [5.74, 6) is 0. The van der Waals surface area contributed by atoms with Crippen LogP contribution in [0.15, 0.2) is 22.9 Å². The van der Waals surface area contributed by atoms with Crippen LogP contribution in [-0.2, 0) is 0 Å². The molecule has 2 heteroatoms. The highest BCUT2D eigenvalue weighted by Gasteiger charge is 2.33. The van der Waals surface area contributed by atoms with Crippen molar-refractivity contribution in [3.05, 3.63) is 22.9 Å². The van der Waals surface area contributed by atoms with Crippen molar-refractivity contribution >= 4 is 8.24 Å².